The predicted octanol–water partition coefficient (Wildman–Crippen LogP) is 3.04. The van der Waals surface area contributed by atoms with Gasteiger partial charge in [-0.1, -0.05) is 37.3 Å². The number of ketones is 1. The van der Waals surface area contributed by atoms with Gasteiger partial charge in [0.05, 0.1) is 6.61 Å². The molecule has 1 rings (SSSR count). The molecule has 0 aliphatic rings. The lowest BCUT2D eigenvalue weighted by molar-refractivity contribution is -0.326. The zero-order chi connectivity index (χ0) is 12.2. The molecule has 0 unspecified atom stereocenters. The summed E-state index contributed by atoms with van der Waals surface area (Å²) in [5, 5.41) is 0. The van der Waals surface area contributed by atoms with E-state index in [0.717, 1.165) is 0 Å². The van der Waals surface area contributed by atoms with Crippen molar-refractivity contribution in [2.75, 3.05) is 6.61 Å². The lowest BCUT2D eigenvalue weighted by Crippen LogP contribution is -2.23. The lowest BCUT2D eigenvalue weighted by Gasteiger charge is -2.12. The van der Waals surface area contributed by atoms with Gasteiger partial charge in [0.15, 0.2) is 5.78 Å². The first kappa shape index (κ1) is 12.7. The Balaban J connectivity index is 2.55. The lowest BCUT2D eigenvalue weighted by atomic mass is 10.0. The molecule has 0 N–H and O–H groups in total. The summed E-state index contributed by atoms with van der Waals surface area (Å²) in [7, 11) is 0. The second-order valence-corrected chi connectivity index (χ2v) is 3.39. The molecule has 1 atom stereocenters. The van der Waals surface area contributed by atoms with E-state index in [1.807, 2.05) is 0 Å². The molecule has 0 fully saturated rings. The number of benzene rings is 1. The largest absolute Gasteiger partial charge is 0.522 e. The van der Waals surface area contributed by atoms with E-state index < -0.39 is 18.9 Å². The maximum absolute atomic E-state index is 11.7. The highest BCUT2D eigenvalue weighted by atomic mass is 19.4. The molecule has 0 amide bonds. The normalized spacial score (nSPS) is 13.5. The number of hydrogen-bond donors (Lipinski definition) is 0. The van der Waals surface area contributed by atoms with E-state index in [4.69, 9.17) is 0 Å². The van der Waals surface area contributed by atoms with Crippen LogP contribution < -0.4 is 0 Å². The topological polar surface area (TPSA) is 26.3 Å². The van der Waals surface area contributed by atoms with Crippen LogP contribution in [0.4, 0.5) is 13.2 Å². The second kappa shape index (κ2) is 5.12. The van der Waals surface area contributed by atoms with Crippen LogP contribution in [0.2, 0.25) is 0 Å². The Morgan fingerprint density at radius 3 is 2.38 bits per heavy atom. The van der Waals surface area contributed by atoms with Crippen molar-refractivity contribution in [1.82, 2.24) is 0 Å². The summed E-state index contributed by atoms with van der Waals surface area (Å²) in [5.74, 6) is -1.17. The van der Waals surface area contributed by atoms with Crippen LogP contribution in [0.5, 0.6) is 0 Å². The Labute approximate surface area is 91.0 Å². The third-order valence-electron chi connectivity index (χ3n) is 2.00. The van der Waals surface area contributed by atoms with Crippen LogP contribution in [0.1, 0.15) is 17.3 Å². The Bertz CT molecular complexity index is 346. The van der Waals surface area contributed by atoms with Gasteiger partial charge in [0.2, 0.25) is 0 Å². The average molecular weight is 232 g/mol. The molecule has 0 aliphatic carbocycles. The number of carbonyl (C=O) groups excluding carboxylic acids is 1. The first-order valence-corrected chi connectivity index (χ1v) is 4.70. The SMILES string of the molecule is C[C@@H](COC(F)(F)F)C(=O)c1ccccc1. The zero-order valence-electron chi connectivity index (χ0n) is 8.62. The predicted molar refractivity (Wildman–Crippen MR) is 51.9 cm³/mol. The van der Waals surface area contributed by atoms with E-state index in [2.05, 4.69) is 4.74 Å². The molecule has 2 nitrogen and oxygen atoms in total. The van der Waals surface area contributed by atoms with Crippen molar-refractivity contribution in [2.24, 2.45) is 5.92 Å². The third kappa shape index (κ3) is 4.02. The summed E-state index contributed by atoms with van der Waals surface area (Å²) in [5.41, 5.74) is 0.390. The molecule has 0 spiro atoms. The number of Topliss-reactive ketones (excluding diaryl/α,β-unsaturated/α-hetero) is 1. The number of alkyl halides is 3. The quantitative estimate of drug-likeness (QED) is 0.746. The monoisotopic (exact) mass is 232 g/mol. The van der Waals surface area contributed by atoms with Crippen molar-refractivity contribution in [3.8, 4) is 0 Å². The fourth-order valence-electron chi connectivity index (χ4n) is 1.18. The Kier molecular flexibility index (Phi) is 4.06. The van der Waals surface area contributed by atoms with E-state index in [1.165, 1.54) is 6.92 Å². The van der Waals surface area contributed by atoms with Gasteiger partial charge in [0.25, 0.3) is 0 Å². The fraction of sp³-hybridized carbons (Fsp3) is 0.364. The summed E-state index contributed by atoms with van der Waals surface area (Å²) < 4.78 is 38.9. The van der Waals surface area contributed by atoms with Gasteiger partial charge in [0.1, 0.15) is 0 Å². The molecule has 1 aromatic carbocycles. The van der Waals surface area contributed by atoms with Crippen LogP contribution in [0.25, 0.3) is 0 Å². The van der Waals surface area contributed by atoms with Gasteiger partial charge in [-0.05, 0) is 0 Å². The fourth-order valence-corrected chi connectivity index (χ4v) is 1.18. The molecule has 0 radical (unpaired) electrons. The van der Waals surface area contributed by atoms with Crippen molar-refractivity contribution in [3.05, 3.63) is 35.9 Å². The van der Waals surface area contributed by atoms with Crippen LogP contribution in [-0.2, 0) is 4.74 Å². The van der Waals surface area contributed by atoms with Gasteiger partial charge in [-0.15, -0.1) is 13.2 Å². The highest BCUT2D eigenvalue weighted by Gasteiger charge is 2.31. The maximum atomic E-state index is 11.7. The molecule has 16 heavy (non-hydrogen) atoms. The molecule has 0 heterocycles. The highest BCUT2D eigenvalue weighted by Crippen LogP contribution is 2.18. The van der Waals surface area contributed by atoms with Gasteiger partial charge in [-0.3, -0.25) is 9.53 Å². The highest BCUT2D eigenvalue weighted by molar-refractivity contribution is 5.97. The smallest absolute Gasteiger partial charge is 0.294 e. The average Bonchev–Trinajstić information content (AvgIpc) is 2.25. The van der Waals surface area contributed by atoms with Crippen molar-refractivity contribution >= 4 is 5.78 Å². The van der Waals surface area contributed by atoms with Crippen LogP contribution in [0, 0.1) is 5.92 Å². The molecule has 5 heteroatoms. The van der Waals surface area contributed by atoms with E-state index in [9.17, 15) is 18.0 Å². The van der Waals surface area contributed by atoms with E-state index in [0.29, 0.717) is 5.56 Å². The molecular formula is C11H11F3O2. The van der Waals surface area contributed by atoms with Crippen molar-refractivity contribution in [3.63, 3.8) is 0 Å². The molecule has 0 aliphatic heterocycles. The van der Waals surface area contributed by atoms with Crippen LogP contribution in [0.3, 0.4) is 0 Å². The van der Waals surface area contributed by atoms with Crippen LogP contribution >= 0.6 is 0 Å². The van der Waals surface area contributed by atoms with Crippen molar-refractivity contribution in [1.29, 1.82) is 0 Å². The number of halogens is 3. The van der Waals surface area contributed by atoms with Gasteiger partial charge < -0.3 is 0 Å². The van der Waals surface area contributed by atoms with Crippen molar-refractivity contribution < 1.29 is 22.7 Å². The summed E-state index contributed by atoms with van der Waals surface area (Å²) in [6, 6.07) is 8.17. The summed E-state index contributed by atoms with van der Waals surface area (Å²) in [6.07, 6.45) is -4.69. The van der Waals surface area contributed by atoms with E-state index in [1.54, 1.807) is 30.3 Å². The molecule has 0 aromatic heterocycles. The number of hydrogen-bond acceptors (Lipinski definition) is 2. The number of rotatable bonds is 4. The van der Waals surface area contributed by atoms with Gasteiger partial charge >= 0.3 is 6.36 Å². The Hall–Kier alpha value is -1.36. The number of ether oxygens (including phenoxy) is 1. The zero-order valence-corrected chi connectivity index (χ0v) is 8.62. The third-order valence-corrected chi connectivity index (χ3v) is 2.00. The first-order valence-electron chi connectivity index (χ1n) is 4.70. The molecule has 88 valence electrons. The van der Waals surface area contributed by atoms with Crippen LogP contribution in [-0.4, -0.2) is 18.8 Å². The molecule has 0 saturated heterocycles. The van der Waals surface area contributed by atoms with Crippen molar-refractivity contribution in [2.45, 2.75) is 13.3 Å². The molecule has 1 aromatic rings. The second-order valence-electron chi connectivity index (χ2n) is 3.39. The summed E-state index contributed by atoms with van der Waals surface area (Å²) in [6.45, 7) is 0.748. The minimum absolute atomic E-state index is 0.357. The minimum Gasteiger partial charge on any atom is -0.294 e. The summed E-state index contributed by atoms with van der Waals surface area (Å²) >= 11 is 0. The van der Waals surface area contributed by atoms with E-state index >= 15 is 0 Å². The van der Waals surface area contributed by atoms with Gasteiger partial charge in [0, 0.05) is 11.5 Å². The van der Waals surface area contributed by atoms with Gasteiger partial charge in [-0.2, -0.15) is 0 Å². The Morgan fingerprint density at radius 2 is 1.88 bits per heavy atom. The summed E-state index contributed by atoms with van der Waals surface area (Å²) in [4.78, 5) is 11.6. The first-order chi connectivity index (χ1) is 7.40. The van der Waals surface area contributed by atoms with Crippen LogP contribution in [0.15, 0.2) is 30.3 Å². The number of carbonyl (C=O) groups is 1. The Morgan fingerprint density at radius 1 is 1.31 bits per heavy atom. The molecular weight excluding hydrogens is 221 g/mol. The molecule has 0 saturated carbocycles. The van der Waals surface area contributed by atoms with E-state index in [-0.39, 0.29) is 5.78 Å². The maximum Gasteiger partial charge on any atom is 0.522 e. The van der Waals surface area contributed by atoms with Gasteiger partial charge in [-0.25, -0.2) is 0 Å². The minimum atomic E-state index is -4.69. The standard InChI is InChI=1S/C11H11F3O2/c1-8(7-16-11(12,13)14)10(15)9-5-3-2-4-6-9/h2-6,8H,7H2,1H3/t8-/m0/s1. The molecule has 0 bridgehead atoms.